The zero-order valence-electron chi connectivity index (χ0n) is 15.6. The number of hydrogen-bond acceptors (Lipinski definition) is 5. The monoisotopic (exact) mass is 380 g/mol. The Hall–Kier alpha value is -1.80. The zero-order chi connectivity index (χ0) is 18.7. The molecule has 3 rings (SSSR count). The highest BCUT2D eigenvalue weighted by Crippen LogP contribution is 2.24. The second-order valence-corrected chi connectivity index (χ2v) is 9.07. The van der Waals surface area contributed by atoms with Crippen LogP contribution in [-0.4, -0.2) is 83.2 Å². The second kappa shape index (κ2) is 7.84. The number of amides is 1. The van der Waals surface area contributed by atoms with Crippen LogP contribution >= 0.6 is 0 Å². The molecule has 26 heavy (non-hydrogen) atoms. The Morgan fingerprint density at radius 1 is 1.00 bits per heavy atom. The van der Waals surface area contributed by atoms with Gasteiger partial charge in [-0.25, -0.2) is 8.42 Å². The lowest BCUT2D eigenvalue weighted by Gasteiger charge is -2.34. The average Bonchev–Trinajstić information content (AvgIpc) is 3.14. The highest BCUT2D eigenvalue weighted by molar-refractivity contribution is 7.92. The smallest absolute Gasteiger partial charge is 0.243 e. The van der Waals surface area contributed by atoms with Crippen LogP contribution in [0.15, 0.2) is 24.3 Å². The maximum atomic E-state index is 12.4. The summed E-state index contributed by atoms with van der Waals surface area (Å²) in [6.45, 7) is 5.26. The molecule has 0 radical (unpaired) electrons. The van der Waals surface area contributed by atoms with Crippen LogP contribution in [0.25, 0.3) is 0 Å². The van der Waals surface area contributed by atoms with Gasteiger partial charge in [0.2, 0.25) is 15.9 Å². The first kappa shape index (κ1) is 19.0. The van der Waals surface area contributed by atoms with Crippen molar-refractivity contribution >= 4 is 27.3 Å². The van der Waals surface area contributed by atoms with Crippen molar-refractivity contribution in [3.63, 3.8) is 0 Å². The Balaban J connectivity index is 1.73. The third kappa shape index (κ3) is 4.48. The fraction of sp³-hybridized carbons (Fsp3) is 0.611. The van der Waals surface area contributed by atoms with Gasteiger partial charge in [-0.1, -0.05) is 0 Å². The predicted molar refractivity (Wildman–Crippen MR) is 104 cm³/mol. The number of hydrogen-bond donors (Lipinski definition) is 0. The number of carbonyl (C=O) groups is 1. The van der Waals surface area contributed by atoms with Crippen LogP contribution in [0.2, 0.25) is 0 Å². The number of nitrogens with zero attached hydrogens (tertiary/aromatic N) is 4. The Morgan fingerprint density at radius 2 is 1.58 bits per heavy atom. The Morgan fingerprint density at radius 3 is 2.12 bits per heavy atom. The molecule has 2 saturated heterocycles. The van der Waals surface area contributed by atoms with Crippen LogP contribution in [0, 0.1) is 0 Å². The zero-order valence-corrected chi connectivity index (χ0v) is 16.4. The number of benzene rings is 1. The lowest BCUT2D eigenvalue weighted by atomic mass is 10.2. The molecule has 0 aliphatic carbocycles. The van der Waals surface area contributed by atoms with Crippen molar-refractivity contribution in [3.8, 4) is 0 Å². The molecule has 0 aromatic heterocycles. The number of likely N-dealkylation sites (tertiary alicyclic amines) is 1. The molecule has 2 heterocycles. The summed E-state index contributed by atoms with van der Waals surface area (Å²) < 4.78 is 25.7. The summed E-state index contributed by atoms with van der Waals surface area (Å²) >= 11 is 0. The van der Waals surface area contributed by atoms with E-state index in [2.05, 4.69) is 16.8 Å². The first-order valence-corrected chi connectivity index (χ1v) is 11.0. The van der Waals surface area contributed by atoms with E-state index in [0.29, 0.717) is 5.69 Å². The average molecular weight is 381 g/mol. The Kier molecular flexibility index (Phi) is 5.72. The topological polar surface area (TPSA) is 64.2 Å². The van der Waals surface area contributed by atoms with Gasteiger partial charge in [-0.05, 0) is 44.2 Å². The summed E-state index contributed by atoms with van der Waals surface area (Å²) in [5.74, 6) is -0.129. The van der Waals surface area contributed by atoms with E-state index >= 15 is 0 Å². The molecular formula is C18H28N4O3S. The minimum absolute atomic E-state index is 0.129. The maximum absolute atomic E-state index is 12.4. The number of likely N-dealkylation sites (N-methyl/N-ethyl adjacent to an activating group) is 1. The standard InChI is InChI=1S/C18H28N4O3S/c1-19-11-13-20(14-12-19)16-5-7-17(8-6-16)22(26(2,24)25)15-18(23)21-9-3-4-10-21/h5-8H,3-4,9-15H2,1-2H3. The number of anilines is 2. The van der Waals surface area contributed by atoms with Crippen molar-refractivity contribution in [2.24, 2.45) is 0 Å². The van der Waals surface area contributed by atoms with Crippen molar-refractivity contribution in [2.75, 3.05) is 68.3 Å². The van der Waals surface area contributed by atoms with E-state index in [1.807, 2.05) is 12.1 Å². The van der Waals surface area contributed by atoms with Gasteiger partial charge in [0.15, 0.2) is 0 Å². The molecule has 2 fully saturated rings. The van der Waals surface area contributed by atoms with Gasteiger partial charge in [-0.3, -0.25) is 9.10 Å². The molecule has 8 heteroatoms. The van der Waals surface area contributed by atoms with Crippen LogP contribution in [-0.2, 0) is 14.8 Å². The molecule has 0 saturated carbocycles. The van der Waals surface area contributed by atoms with Gasteiger partial charge in [0, 0.05) is 45.0 Å². The van der Waals surface area contributed by atoms with E-state index in [9.17, 15) is 13.2 Å². The van der Waals surface area contributed by atoms with E-state index in [4.69, 9.17) is 0 Å². The number of carbonyl (C=O) groups excluding carboxylic acids is 1. The summed E-state index contributed by atoms with van der Waals surface area (Å²) in [6, 6.07) is 7.48. The van der Waals surface area contributed by atoms with Crippen LogP contribution in [0.1, 0.15) is 12.8 Å². The van der Waals surface area contributed by atoms with Gasteiger partial charge in [-0.2, -0.15) is 0 Å². The van der Waals surface area contributed by atoms with Crippen LogP contribution in [0.3, 0.4) is 0 Å². The first-order valence-electron chi connectivity index (χ1n) is 9.13. The summed E-state index contributed by atoms with van der Waals surface area (Å²) in [4.78, 5) is 18.8. The third-order valence-electron chi connectivity index (χ3n) is 5.14. The van der Waals surface area contributed by atoms with Crippen molar-refractivity contribution in [1.29, 1.82) is 0 Å². The molecule has 1 amide bonds. The molecule has 1 aromatic rings. The van der Waals surface area contributed by atoms with E-state index in [1.54, 1.807) is 17.0 Å². The molecule has 0 spiro atoms. The summed E-state index contributed by atoms with van der Waals surface area (Å²) in [5, 5.41) is 0. The number of rotatable bonds is 5. The molecule has 2 aliphatic heterocycles. The van der Waals surface area contributed by atoms with Crippen LogP contribution < -0.4 is 9.21 Å². The fourth-order valence-electron chi connectivity index (χ4n) is 3.48. The minimum atomic E-state index is -3.52. The highest BCUT2D eigenvalue weighted by Gasteiger charge is 2.25. The number of sulfonamides is 1. The summed E-state index contributed by atoms with van der Waals surface area (Å²) in [6.07, 6.45) is 3.13. The van der Waals surface area contributed by atoms with Gasteiger partial charge in [0.05, 0.1) is 11.9 Å². The van der Waals surface area contributed by atoms with Crippen molar-refractivity contribution < 1.29 is 13.2 Å². The van der Waals surface area contributed by atoms with Gasteiger partial charge >= 0.3 is 0 Å². The van der Waals surface area contributed by atoms with Crippen LogP contribution in [0.4, 0.5) is 11.4 Å². The first-order chi connectivity index (χ1) is 12.3. The van der Waals surface area contributed by atoms with E-state index in [-0.39, 0.29) is 12.5 Å². The predicted octanol–water partition coefficient (Wildman–Crippen LogP) is 0.827. The SMILES string of the molecule is CN1CCN(c2ccc(N(CC(=O)N3CCCC3)S(C)(=O)=O)cc2)CC1. The van der Waals surface area contributed by atoms with E-state index in [1.165, 1.54) is 4.31 Å². The fourth-order valence-corrected chi connectivity index (χ4v) is 4.33. The van der Waals surface area contributed by atoms with Gasteiger partial charge in [0.25, 0.3) is 0 Å². The summed E-state index contributed by atoms with van der Waals surface area (Å²) in [5.41, 5.74) is 1.62. The van der Waals surface area contributed by atoms with Crippen molar-refractivity contribution in [3.05, 3.63) is 24.3 Å². The highest BCUT2D eigenvalue weighted by atomic mass is 32.2. The molecule has 144 valence electrons. The minimum Gasteiger partial charge on any atom is -0.369 e. The Labute approximate surface area is 156 Å². The lowest BCUT2D eigenvalue weighted by molar-refractivity contribution is -0.128. The van der Waals surface area contributed by atoms with Crippen molar-refractivity contribution in [2.45, 2.75) is 12.8 Å². The van der Waals surface area contributed by atoms with Crippen molar-refractivity contribution in [1.82, 2.24) is 9.80 Å². The molecule has 0 bridgehead atoms. The molecule has 0 N–H and O–H groups in total. The molecule has 0 atom stereocenters. The number of piperazine rings is 1. The Bertz CT molecular complexity index is 721. The summed E-state index contributed by atoms with van der Waals surface area (Å²) in [7, 11) is -1.41. The maximum Gasteiger partial charge on any atom is 0.243 e. The molecule has 7 nitrogen and oxygen atoms in total. The van der Waals surface area contributed by atoms with Gasteiger partial charge < -0.3 is 14.7 Å². The molecule has 1 aromatic carbocycles. The lowest BCUT2D eigenvalue weighted by Crippen LogP contribution is -2.44. The van der Waals surface area contributed by atoms with Crippen LogP contribution in [0.5, 0.6) is 0 Å². The molecule has 0 unspecified atom stereocenters. The van der Waals surface area contributed by atoms with E-state index in [0.717, 1.165) is 64.1 Å². The van der Waals surface area contributed by atoms with Gasteiger partial charge in [0.1, 0.15) is 6.54 Å². The largest absolute Gasteiger partial charge is 0.369 e. The normalized spacial score (nSPS) is 19.0. The van der Waals surface area contributed by atoms with E-state index < -0.39 is 10.0 Å². The molecular weight excluding hydrogens is 352 g/mol. The van der Waals surface area contributed by atoms with Gasteiger partial charge in [-0.15, -0.1) is 0 Å². The third-order valence-corrected chi connectivity index (χ3v) is 6.28. The molecule has 2 aliphatic rings. The second-order valence-electron chi connectivity index (χ2n) is 7.16. The quantitative estimate of drug-likeness (QED) is 0.757.